The number of esters is 2. The molecule has 196 valence electrons. The Balaban J connectivity index is 2.26. The van der Waals surface area contributed by atoms with Crippen LogP contribution in [0.5, 0.6) is 0 Å². The first kappa shape index (κ1) is 28.8. The van der Waals surface area contributed by atoms with Crippen molar-refractivity contribution in [2.45, 2.75) is 83.5 Å². The van der Waals surface area contributed by atoms with Crippen LogP contribution in [0.25, 0.3) is 0 Å². The van der Waals surface area contributed by atoms with Crippen LogP contribution in [0.3, 0.4) is 0 Å². The molecule has 0 aliphatic carbocycles. The molecule has 1 aliphatic heterocycles. The number of cyclic esters (lactones) is 2. The number of amides is 1. The maximum atomic E-state index is 13.1. The zero-order valence-electron chi connectivity index (χ0n) is 21.6. The van der Waals surface area contributed by atoms with Gasteiger partial charge >= 0.3 is 11.9 Å². The zero-order valence-corrected chi connectivity index (χ0v) is 21.6. The first-order chi connectivity index (χ1) is 16.9. The summed E-state index contributed by atoms with van der Waals surface area (Å²) in [5.74, 6) is -2.03. The molecule has 8 heteroatoms. The van der Waals surface area contributed by atoms with Crippen LogP contribution in [0.4, 0.5) is 0 Å². The fourth-order valence-corrected chi connectivity index (χ4v) is 4.28. The fraction of sp³-hybridized carbons (Fsp3) is 0.667. The molecule has 0 radical (unpaired) electrons. The Hall–Kier alpha value is -2.45. The third-order valence-corrected chi connectivity index (χ3v) is 6.52. The van der Waals surface area contributed by atoms with Crippen molar-refractivity contribution in [3.63, 3.8) is 0 Å². The quantitative estimate of drug-likeness (QED) is 0.263. The molecule has 0 unspecified atom stereocenters. The van der Waals surface area contributed by atoms with Gasteiger partial charge in [0.15, 0.2) is 6.61 Å². The SMILES string of the molecule is CCCCCCC[C@H]1OC(=O)C[C@@H](OCOC)[C@H](Cc2ccccc2)N(C)C(=O)COC(=O)[C@H]1C. The molecule has 1 fully saturated rings. The highest BCUT2D eigenvalue weighted by Crippen LogP contribution is 2.23. The van der Waals surface area contributed by atoms with Gasteiger partial charge in [-0.05, 0) is 31.7 Å². The Kier molecular flexibility index (Phi) is 12.8. The van der Waals surface area contributed by atoms with Crippen molar-refractivity contribution in [2.24, 2.45) is 5.92 Å². The minimum Gasteiger partial charge on any atom is -0.461 e. The van der Waals surface area contributed by atoms with Gasteiger partial charge in [0.05, 0.1) is 24.5 Å². The Bertz CT molecular complexity index is 785. The van der Waals surface area contributed by atoms with Crippen LogP contribution in [0.1, 0.15) is 64.4 Å². The normalized spacial score (nSPS) is 24.3. The number of hydrogen-bond acceptors (Lipinski definition) is 7. The van der Waals surface area contributed by atoms with E-state index in [1.165, 1.54) is 12.0 Å². The lowest BCUT2D eigenvalue weighted by molar-refractivity contribution is -0.173. The molecule has 1 aromatic rings. The van der Waals surface area contributed by atoms with Crippen molar-refractivity contribution in [3.8, 4) is 0 Å². The van der Waals surface area contributed by atoms with Crippen molar-refractivity contribution in [2.75, 3.05) is 27.6 Å². The van der Waals surface area contributed by atoms with Crippen LogP contribution >= 0.6 is 0 Å². The number of likely N-dealkylation sites (N-methyl/N-ethyl adjacent to an activating group) is 1. The highest BCUT2D eigenvalue weighted by molar-refractivity contribution is 5.82. The molecule has 1 heterocycles. The minimum absolute atomic E-state index is 0.0302. The molecule has 0 aromatic heterocycles. The van der Waals surface area contributed by atoms with Gasteiger partial charge in [-0.2, -0.15) is 0 Å². The highest BCUT2D eigenvalue weighted by atomic mass is 16.7. The fourth-order valence-electron chi connectivity index (χ4n) is 4.28. The predicted molar refractivity (Wildman–Crippen MR) is 131 cm³/mol. The summed E-state index contributed by atoms with van der Waals surface area (Å²) in [5, 5.41) is 0. The molecule has 4 atom stereocenters. The summed E-state index contributed by atoms with van der Waals surface area (Å²) >= 11 is 0. The molecule has 1 amide bonds. The van der Waals surface area contributed by atoms with E-state index in [-0.39, 0.29) is 25.7 Å². The zero-order chi connectivity index (χ0) is 25.6. The average Bonchev–Trinajstić information content (AvgIpc) is 2.86. The van der Waals surface area contributed by atoms with Crippen LogP contribution in [-0.4, -0.2) is 68.6 Å². The molecule has 0 bridgehead atoms. The number of nitrogens with zero attached hydrogens (tertiary/aromatic N) is 1. The molecule has 1 aliphatic rings. The van der Waals surface area contributed by atoms with Gasteiger partial charge in [0, 0.05) is 14.2 Å². The van der Waals surface area contributed by atoms with Crippen LogP contribution in [0.2, 0.25) is 0 Å². The molecule has 0 saturated carbocycles. The Morgan fingerprint density at radius 1 is 1.06 bits per heavy atom. The third-order valence-electron chi connectivity index (χ3n) is 6.52. The van der Waals surface area contributed by atoms with Gasteiger partial charge in [-0.15, -0.1) is 0 Å². The van der Waals surface area contributed by atoms with Crippen LogP contribution in [0.15, 0.2) is 30.3 Å². The van der Waals surface area contributed by atoms with E-state index in [1.54, 1.807) is 14.0 Å². The van der Waals surface area contributed by atoms with Gasteiger partial charge in [0.2, 0.25) is 0 Å². The maximum absolute atomic E-state index is 13.1. The molecule has 1 saturated heterocycles. The first-order valence-corrected chi connectivity index (χ1v) is 12.6. The van der Waals surface area contributed by atoms with Crippen LogP contribution in [0, 0.1) is 5.92 Å². The standard InChI is InChI=1S/C27H41NO7/c1-5-6-7-8-12-15-23-20(2)27(31)33-18-25(29)28(3)22(16-21-13-10-9-11-14-21)24(34-19-32-4)17-26(30)35-23/h9-11,13-14,20,22-24H,5-8,12,15-19H2,1-4H3/t20-,22-,23+,24+/m0/s1. The van der Waals surface area contributed by atoms with Gasteiger partial charge in [0.25, 0.3) is 5.91 Å². The molecule has 1 aromatic carbocycles. The van der Waals surface area contributed by atoms with E-state index in [9.17, 15) is 14.4 Å². The number of rotatable bonds is 11. The predicted octanol–water partition coefficient (Wildman–Crippen LogP) is 3.90. The number of benzene rings is 1. The van der Waals surface area contributed by atoms with Crippen molar-refractivity contribution < 1.29 is 33.3 Å². The van der Waals surface area contributed by atoms with Crippen molar-refractivity contribution >= 4 is 17.8 Å². The molecule has 35 heavy (non-hydrogen) atoms. The molecule has 0 N–H and O–H groups in total. The summed E-state index contributed by atoms with van der Waals surface area (Å²) < 4.78 is 22.2. The summed E-state index contributed by atoms with van der Waals surface area (Å²) in [5.41, 5.74) is 0.985. The van der Waals surface area contributed by atoms with Gasteiger partial charge in [0.1, 0.15) is 12.9 Å². The van der Waals surface area contributed by atoms with E-state index in [4.69, 9.17) is 18.9 Å². The lowest BCUT2D eigenvalue weighted by Crippen LogP contribution is -2.50. The Morgan fingerprint density at radius 2 is 1.77 bits per heavy atom. The Morgan fingerprint density at radius 3 is 2.46 bits per heavy atom. The highest BCUT2D eigenvalue weighted by Gasteiger charge is 2.36. The average molecular weight is 492 g/mol. The second-order valence-corrected chi connectivity index (χ2v) is 9.21. The Labute approximate surface area is 209 Å². The van der Waals surface area contributed by atoms with Crippen molar-refractivity contribution in [3.05, 3.63) is 35.9 Å². The lowest BCUT2D eigenvalue weighted by Gasteiger charge is -2.35. The topological polar surface area (TPSA) is 91.4 Å². The van der Waals surface area contributed by atoms with Gasteiger partial charge in [-0.1, -0.05) is 62.9 Å². The van der Waals surface area contributed by atoms with Gasteiger partial charge in [-0.3, -0.25) is 14.4 Å². The summed E-state index contributed by atoms with van der Waals surface area (Å²) in [6.07, 6.45) is 4.93. The van der Waals surface area contributed by atoms with Gasteiger partial charge < -0.3 is 23.8 Å². The van der Waals surface area contributed by atoms with E-state index in [1.807, 2.05) is 30.3 Å². The summed E-state index contributed by atoms with van der Waals surface area (Å²) in [4.78, 5) is 40.2. The number of ether oxygens (including phenoxy) is 4. The summed E-state index contributed by atoms with van der Waals surface area (Å²) in [6, 6.07) is 9.17. The number of methoxy groups -OCH3 is 1. The third kappa shape index (κ3) is 9.61. The van der Waals surface area contributed by atoms with Crippen molar-refractivity contribution in [1.29, 1.82) is 0 Å². The van der Waals surface area contributed by atoms with E-state index in [0.717, 1.165) is 37.7 Å². The van der Waals surface area contributed by atoms with Crippen LogP contribution < -0.4 is 0 Å². The molecular formula is C27H41NO7. The molecular weight excluding hydrogens is 450 g/mol. The monoisotopic (exact) mass is 491 g/mol. The van der Waals surface area contributed by atoms with E-state index in [0.29, 0.717) is 12.8 Å². The number of unbranched alkanes of at least 4 members (excludes halogenated alkanes) is 4. The first-order valence-electron chi connectivity index (χ1n) is 12.6. The summed E-state index contributed by atoms with van der Waals surface area (Å²) in [7, 11) is 3.14. The smallest absolute Gasteiger partial charge is 0.312 e. The minimum atomic E-state index is -0.666. The number of carbonyl (C=O) groups is 3. The number of carbonyl (C=O) groups excluding carboxylic acids is 3. The molecule has 8 nitrogen and oxygen atoms in total. The maximum Gasteiger partial charge on any atom is 0.312 e. The largest absolute Gasteiger partial charge is 0.461 e. The van der Waals surface area contributed by atoms with E-state index >= 15 is 0 Å². The van der Waals surface area contributed by atoms with E-state index in [2.05, 4.69) is 6.92 Å². The van der Waals surface area contributed by atoms with E-state index < -0.39 is 36.1 Å². The molecule has 2 rings (SSSR count). The van der Waals surface area contributed by atoms with Crippen molar-refractivity contribution in [1.82, 2.24) is 4.90 Å². The molecule has 0 spiro atoms. The van der Waals surface area contributed by atoms with Gasteiger partial charge in [-0.25, -0.2) is 0 Å². The second-order valence-electron chi connectivity index (χ2n) is 9.21. The van der Waals surface area contributed by atoms with Crippen LogP contribution in [-0.2, 0) is 39.8 Å². The summed E-state index contributed by atoms with van der Waals surface area (Å²) in [6.45, 7) is 3.43. The number of hydrogen-bond donors (Lipinski definition) is 0. The lowest BCUT2D eigenvalue weighted by atomic mass is 9.96. The second kappa shape index (κ2) is 15.5.